The van der Waals surface area contributed by atoms with Gasteiger partial charge in [-0.1, -0.05) is 27.7 Å². The van der Waals surface area contributed by atoms with Crippen LogP contribution in [0.5, 0.6) is 0 Å². The molecule has 2 amide bonds. The minimum Gasteiger partial charge on any atom is -0.368 e. The van der Waals surface area contributed by atoms with E-state index in [4.69, 9.17) is 12.2 Å². The molecule has 11 heteroatoms. The fourth-order valence-corrected chi connectivity index (χ4v) is 5.27. The smallest absolute Gasteiger partial charge is 0.293 e. The summed E-state index contributed by atoms with van der Waals surface area (Å²) in [5, 5.41) is 17.5. The van der Waals surface area contributed by atoms with Gasteiger partial charge in [0.05, 0.1) is 4.92 Å². The maximum Gasteiger partial charge on any atom is 0.293 e. The number of anilines is 3. The van der Waals surface area contributed by atoms with Gasteiger partial charge < -0.3 is 20.0 Å². The van der Waals surface area contributed by atoms with Crippen LogP contribution in [0.15, 0.2) is 42.5 Å². The third kappa shape index (κ3) is 7.07. The Morgan fingerprint density at radius 2 is 1.57 bits per heavy atom. The summed E-state index contributed by atoms with van der Waals surface area (Å²) in [5.74, 6) is 0.259. The number of carbonyl (C=O) groups excluding carboxylic acids is 2. The fourth-order valence-electron chi connectivity index (χ4n) is 5.06. The second kappa shape index (κ2) is 12.2. The molecule has 2 aromatic rings. The number of rotatable bonds is 5. The van der Waals surface area contributed by atoms with E-state index in [1.165, 1.54) is 6.07 Å². The third-order valence-electron chi connectivity index (χ3n) is 7.48. The molecule has 0 aromatic heterocycles. The highest BCUT2D eigenvalue weighted by atomic mass is 32.1. The first kappa shape index (κ1) is 29.3. The molecule has 0 aliphatic carbocycles. The van der Waals surface area contributed by atoms with Crippen LogP contribution in [-0.4, -0.2) is 66.0 Å². The SMILES string of the molecule is CC1CCN(c2ccc(C(=O)NC(=S)Nc3ccc(N4CCN(C(=O)C(C)(C)C)CC4)cc3)cc2[N+](=O)[O-])CC1. The van der Waals surface area contributed by atoms with E-state index in [9.17, 15) is 19.7 Å². The predicted octanol–water partition coefficient (Wildman–Crippen LogP) is 4.65. The minimum absolute atomic E-state index is 0.0831. The molecule has 0 spiro atoms. The third-order valence-corrected chi connectivity index (χ3v) is 7.69. The number of nitrogens with one attached hydrogen (secondary N) is 2. The van der Waals surface area contributed by atoms with Crippen molar-refractivity contribution in [2.75, 3.05) is 54.4 Å². The fraction of sp³-hybridized carbons (Fsp3) is 0.483. The van der Waals surface area contributed by atoms with Crippen molar-refractivity contribution >= 4 is 51.9 Å². The van der Waals surface area contributed by atoms with Crippen LogP contribution in [0, 0.1) is 21.4 Å². The molecule has 2 heterocycles. The molecule has 0 unspecified atom stereocenters. The average Bonchev–Trinajstić information content (AvgIpc) is 2.92. The monoisotopic (exact) mass is 566 g/mol. The average molecular weight is 567 g/mol. The summed E-state index contributed by atoms with van der Waals surface area (Å²) in [6, 6.07) is 12.3. The molecule has 0 saturated carbocycles. The molecule has 0 atom stereocenters. The summed E-state index contributed by atoms with van der Waals surface area (Å²) in [7, 11) is 0. The topological polar surface area (TPSA) is 111 Å². The maximum atomic E-state index is 12.8. The van der Waals surface area contributed by atoms with Crippen molar-refractivity contribution in [3.63, 3.8) is 0 Å². The molecule has 2 aliphatic rings. The Labute approximate surface area is 240 Å². The number of hydrogen-bond donors (Lipinski definition) is 2. The predicted molar refractivity (Wildman–Crippen MR) is 162 cm³/mol. The Morgan fingerprint density at radius 1 is 0.950 bits per heavy atom. The maximum absolute atomic E-state index is 12.8. The van der Waals surface area contributed by atoms with Crippen LogP contribution < -0.4 is 20.4 Å². The lowest BCUT2D eigenvalue weighted by Crippen LogP contribution is -2.51. The first-order valence-electron chi connectivity index (χ1n) is 13.7. The van der Waals surface area contributed by atoms with E-state index in [2.05, 4.69) is 22.5 Å². The van der Waals surface area contributed by atoms with Crippen molar-refractivity contribution in [3.8, 4) is 0 Å². The number of nitrogens with zero attached hydrogens (tertiary/aromatic N) is 4. The number of amides is 2. The highest BCUT2D eigenvalue weighted by Crippen LogP contribution is 2.32. The van der Waals surface area contributed by atoms with Gasteiger partial charge in [-0.15, -0.1) is 0 Å². The van der Waals surface area contributed by atoms with Crippen LogP contribution in [0.25, 0.3) is 0 Å². The van der Waals surface area contributed by atoms with Crippen LogP contribution in [0.3, 0.4) is 0 Å². The normalized spacial score (nSPS) is 16.4. The Balaban J connectivity index is 1.32. The number of thiocarbonyl (C=S) groups is 1. The molecular weight excluding hydrogens is 528 g/mol. The second-order valence-electron chi connectivity index (χ2n) is 11.6. The summed E-state index contributed by atoms with van der Waals surface area (Å²) in [6.45, 7) is 12.4. The Hall–Kier alpha value is -3.73. The molecule has 2 saturated heterocycles. The molecule has 2 N–H and O–H groups in total. The molecule has 10 nitrogen and oxygen atoms in total. The van der Waals surface area contributed by atoms with Crippen LogP contribution in [-0.2, 0) is 4.79 Å². The summed E-state index contributed by atoms with van der Waals surface area (Å²) in [5.41, 5.74) is 1.99. The van der Waals surface area contributed by atoms with Gasteiger partial charge in [-0.2, -0.15) is 0 Å². The number of hydrogen-bond acceptors (Lipinski definition) is 7. The van der Waals surface area contributed by atoms with Gasteiger partial charge in [0.15, 0.2) is 5.11 Å². The summed E-state index contributed by atoms with van der Waals surface area (Å²) in [4.78, 5) is 42.9. The van der Waals surface area contributed by atoms with E-state index in [1.807, 2.05) is 54.8 Å². The van der Waals surface area contributed by atoms with Gasteiger partial charge in [0.25, 0.3) is 11.6 Å². The molecule has 0 radical (unpaired) electrons. The van der Waals surface area contributed by atoms with Crippen molar-refractivity contribution in [1.29, 1.82) is 0 Å². The number of nitro groups is 1. The van der Waals surface area contributed by atoms with Gasteiger partial charge >= 0.3 is 0 Å². The van der Waals surface area contributed by atoms with E-state index in [0.29, 0.717) is 30.4 Å². The van der Waals surface area contributed by atoms with Crippen molar-refractivity contribution in [1.82, 2.24) is 10.2 Å². The van der Waals surface area contributed by atoms with E-state index < -0.39 is 10.8 Å². The van der Waals surface area contributed by atoms with E-state index >= 15 is 0 Å². The lowest BCUT2D eigenvalue weighted by molar-refractivity contribution is -0.384. The van der Waals surface area contributed by atoms with Crippen molar-refractivity contribution in [2.45, 2.75) is 40.5 Å². The molecule has 4 rings (SSSR count). The number of piperidine rings is 1. The van der Waals surface area contributed by atoms with Crippen LogP contribution in [0.2, 0.25) is 0 Å². The van der Waals surface area contributed by atoms with E-state index in [0.717, 1.165) is 44.7 Å². The van der Waals surface area contributed by atoms with Crippen LogP contribution in [0.1, 0.15) is 50.9 Å². The Bertz CT molecular complexity index is 1260. The van der Waals surface area contributed by atoms with Crippen LogP contribution in [0.4, 0.5) is 22.7 Å². The second-order valence-corrected chi connectivity index (χ2v) is 12.0. The largest absolute Gasteiger partial charge is 0.368 e. The first-order chi connectivity index (χ1) is 18.9. The number of piperazine rings is 1. The van der Waals surface area contributed by atoms with Gasteiger partial charge in [0, 0.05) is 67.7 Å². The highest BCUT2D eigenvalue weighted by Gasteiger charge is 2.30. The van der Waals surface area contributed by atoms with Gasteiger partial charge in [0.1, 0.15) is 5.69 Å². The Morgan fingerprint density at radius 3 is 2.15 bits per heavy atom. The minimum atomic E-state index is -0.515. The van der Waals surface area contributed by atoms with Crippen molar-refractivity contribution < 1.29 is 14.5 Å². The highest BCUT2D eigenvalue weighted by molar-refractivity contribution is 7.80. The molecule has 2 aliphatic heterocycles. The first-order valence-corrected chi connectivity index (χ1v) is 14.1. The zero-order valence-corrected chi connectivity index (χ0v) is 24.4. The van der Waals surface area contributed by atoms with E-state index in [1.54, 1.807) is 12.1 Å². The standard InChI is InChI=1S/C29H38N6O4S/c1-20-11-13-33(14-12-20)24-10-5-21(19-25(24)35(38)39)26(36)31-28(40)30-22-6-8-23(9-7-22)32-15-17-34(18-16-32)27(37)29(2,3)4/h5-10,19-20H,11-18H2,1-4H3,(H2,30,31,36,40). The van der Waals surface area contributed by atoms with Gasteiger partial charge in [-0.3, -0.25) is 25.0 Å². The van der Waals surface area contributed by atoms with Crippen molar-refractivity contribution in [2.24, 2.45) is 11.3 Å². The van der Waals surface area contributed by atoms with Gasteiger partial charge in [0.2, 0.25) is 5.91 Å². The molecule has 0 bridgehead atoms. The number of benzene rings is 2. The Kier molecular flexibility index (Phi) is 8.92. The zero-order chi connectivity index (χ0) is 29.0. The summed E-state index contributed by atoms with van der Waals surface area (Å²) < 4.78 is 0. The van der Waals surface area contributed by atoms with E-state index in [-0.39, 0.29) is 27.7 Å². The zero-order valence-electron chi connectivity index (χ0n) is 23.6. The van der Waals surface area contributed by atoms with Crippen LogP contribution >= 0.6 is 12.2 Å². The lowest BCUT2D eigenvalue weighted by Gasteiger charge is -2.38. The summed E-state index contributed by atoms with van der Waals surface area (Å²) >= 11 is 5.33. The molecule has 40 heavy (non-hydrogen) atoms. The van der Waals surface area contributed by atoms with Crippen molar-refractivity contribution in [3.05, 3.63) is 58.1 Å². The molecule has 2 aromatic carbocycles. The lowest BCUT2D eigenvalue weighted by atomic mass is 9.94. The number of nitro benzene ring substituents is 1. The number of carbonyl (C=O) groups is 2. The molecule has 2 fully saturated rings. The summed E-state index contributed by atoms with van der Waals surface area (Å²) in [6.07, 6.45) is 1.96. The quantitative estimate of drug-likeness (QED) is 0.306. The molecular formula is C29H38N6O4S. The van der Waals surface area contributed by atoms with Gasteiger partial charge in [-0.05, 0) is 67.4 Å². The van der Waals surface area contributed by atoms with Gasteiger partial charge in [-0.25, -0.2) is 0 Å². The molecule has 214 valence electrons.